The fourth-order valence-corrected chi connectivity index (χ4v) is 2.89. The summed E-state index contributed by atoms with van der Waals surface area (Å²) in [5, 5.41) is 13.2. The normalized spacial score (nSPS) is 10.9. The lowest BCUT2D eigenvalue weighted by Crippen LogP contribution is -2.13. The molecule has 0 atom stereocenters. The molecule has 0 aromatic heterocycles. The minimum Gasteiger partial charge on any atom is -0.326 e. The van der Waals surface area contributed by atoms with Crippen LogP contribution in [0.15, 0.2) is 53.4 Å². The van der Waals surface area contributed by atoms with E-state index in [4.69, 9.17) is 0 Å². The standard InChI is InChI=1S/C15H15N3O5S/c1-2-15(19)16-11-3-5-12(6-4-11)17-24(22,23)14-9-7-13(8-10-14)18(20)21/h3-10,17H,2H2,1H3,(H,16,19). The van der Waals surface area contributed by atoms with E-state index in [0.29, 0.717) is 17.8 Å². The molecule has 0 saturated heterocycles. The van der Waals surface area contributed by atoms with Gasteiger partial charge in [-0.15, -0.1) is 0 Å². The number of nitro groups is 1. The van der Waals surface area contributed by atoms with Crippen molar-refractivity contribution < 1.29 is 18.1 Å². The zero-order chi connectivity index (χ0) is 17.7. The number of hydrogen-bond donors (Lipinski definition) is 2. The second-order valence-electron chi connectivity index (χ2n) is 4.84. The third-order valence-corrected chi connectivity index (χ3v) is 4.50. The molecule has 0 unspecified atom stereocenters. The number of sulfonamides is 1. The lowest BCUT2D eigenvalue weighted by Gasteiger charge is -2.09. The number of carbonyl (C=O) groups excluding carboxylic acids is 1. The number of amides is 1. The van der Waals surface area contributed by atoms with Gasteiger partial charge in [-0.1, -0.05) is 6.92 Å². The van der Waals surface area contributed by atoms with Crippen molar-refractivity contribution in [2.75, 3.05) is 10.0 Å². The first-order valence-electron chi connectivity index (χ1n) is 6.99. The molecule has 24 heavy (non-hydrogen) atoms. The predicted octanol–water partition coefficient (Wildman–Crippen LogP) is 2.74. The van der Waals surface area contributed by atoms with E-state index < -0.39 is 14.9 Å². The Morgan fingerprint density at radius 1 is 1.04 bits per heavy atom. The second-order valence-corrected chi connectivity index (χ2v) is 6.52. The van der Waals surface area contributed by atoms with Crippen molar-refractivity contribution in [2.24, 2.45) is 0 Å². The molecule has 2 rings (SSSR count). The summed E-state index contributed by atoms with van der Waals surface area (Å²) in [5.41, 5.74) is 0.674. The summed E-state index contributed by atoms with van der Waals surface area (Å²) in [4.78, 5) is 21.2. The summed E-state index contributed by atoms with van der Waals surface area (Å²) in [7, 11) is -3.86. The largest absolute Gasteiger partial charge is 0.326 e. The highest BCUT2D eigenvalue weighted by Crippen LogP contribution is 2.20. The van der Waals surface area contributed by atoms with E-state index in [1.807, 2.05) is 0 Å². The maximum atomic E-state index is 12.2. The first-order valence-corrected chi connectivity index (χ1v) is 8.47. The lowest BCUT2D eigenvalue weighted by atomic mass is 10.3. The van der Waals surface area contributed by atoms with E-state index in [1.54, 1.807) is 19.1 Å². The van der Waals surface area contributed by atoms with Gasteiger partial charge in [0, 0.05) is 29.9 Å². The Balaban J connectivity index is 2.13. The fourth-order valence-electron chi connectivity index (χ4n) is 1.83. The van der Waals surface area contributed by atoms with Gasteiger partial charge in [0.2, 0.25) is 5.91 Å². The number of anilines is 2. The molecule has 9 heteroatoms. The van der Waals surface area contributed by atoms with Crippen molar-refractivity contribution in [2.45, 2.75) is 18.2 Å². The van der Waals surface area contributed by atoms with Crippen LogP contribution in [0.3, 0.4) is 0 Å². The van der Waals surface area contributed by atoms with Crippen molar-refractivity contribution >= 4 is 33.0 Å². The average Bonchev–Trinajstić information content (AvgIpc) is 2.56. The molecule has 2 aromatic carbocycles. The predicted molar refractivity (Wildman–Crippen MR) is 89.3 cm³/mol. The minimum atomic E-state index is -3.86. The van der Waals surface area contributed by atoms with E-state index >= 15 is 0 Å². The SMILES string of the molecule is CCC(=O)Nc1ccc(NS(=O)(=O)c2ccc([N+](=O)[O-])cc2)cc1. The molecule has 0 heterocycles. The van der Waals surface area contributed by atoms with Gasteiger partial charge >= 0.3 is 0 Å². The fraction of sp³-hybridized carbons (Fsp3) is 0.133. The van der Waals surface area contributed by atoms with Crippen LogP contribution in [0.2, 0.25) is 0 Å². The van der Waals surface area contributed by atoms with Crippen LogP contribution in [-0.2, 0) is 14.8 Å². The summed E-state index contributed by atoms with van der Waals surface area (Å²) in [6.07, 6.45) is 0.342. The Morgan fingerprint density at radius 2 is 1.58 bits per heavy atom. The van der Waals surface area contributed by atoms with Gasteiger partial charge in [-0.25, -0.2) is 8.42 Å². The highest BCUT2D eigenvalue weighted by atomic mass is 32.2. The highest BCUT2D eigenvalue weighted by molar-refractivity contribution is 7.92. The summed E-state index contributed by atoms with van der Waals surface area (Å²) < 4.78 is 26.8. The first-order chi connectivity index (χ1) is 11.3. The zero-order valence-electron chi connectivity index (χ0n) is 12.7. The molecule has 0 aliphatic heterocycles. The van der Waals surface area contributed by atoms with E-state index in [0.717, 1.165) is 24.3 Å². The van der Waals surface area contributed by atoms with Gasteiger partial charge in [-0.2, -0.15) is 0 Å². The van der Waals surface area contributed by atoms with Crippen molar-refractivity contribution in [1.29, 1.82) is 0 Å². The second kappa shape index (κ2) is 7.09. The molecule has 0 bridgehead atoms. The van der Waals surface area contributed by atoms with Crippen LogP contribution < -0.4 is 10.0 Å². The third-order valence-electron chi connectivity index (χ3n) is 3.10. The van der Waals surface area contributed by atoms with Crippen molar-refractivity contribution in [3.05, 3.63) is 58.6 Å². The summed E-state index contributed by atoms with van der Waals surface area (Å²) >= 11 is 0. The highest BCUT2D eigenvalue weighted by Gasteiger charge is 2.16. The van der Waals surface area contributed by atoms with Crippen LogP contribution >= 0.6 is 0 Å². The molecular formula is C15H15N3O5S. The van der Waals surface area contributed by atoms with Gasteiger partial charge in [-0.05, 0) is 36.4 Å². The van der Waals surface area contributed by atoms with Crippen molar-refractivity contribution in [3.63, 3.8) is 0 Å². The van der Waals surface area contributed by atoms with Gasteiger partial charge < -0.3 is 5.32 Å². The Morgan fingerprint density at radius 3 is 2.08 bits per heavy atom. The van der Waals surface area contributed by atoms with Crippen molar-refractivity contribution in [3.8, 4) is 0 Å². The average molecular weight is 349 g/mol. The zero-order valence-corrected chi connectivity index (χ0v) is 13.5. The molecule has 2 aromatic rings. The molecule has 0 aliphatic carbocycles. The molecule has 0 radical (unpaired) electrons. The third kappa shape index (κ3) is 4.29. The van der Waals surface area contributed by atoms with Gasteiger partial charge in [0.05, 0.1) is 9.82 Å². The van der Waals surface area contributed by atoms with Crippen LogP contribution in [-0.4, -0.2) is 19.2 Å². The molecule has 0 aliphatic rings. The van der Waals surface area contributed by atoms with E-state index in [1.165, 1.54) is 12.1 Å². The Labute approximate surface area is 138 Å². The van der Waals surface area contributed by atoms with E-state index in [9.17, 15) is 23.3 Å². The van der Waals surface area contributed by atoms with Crippen LogP contribution in [0.4, 0.5) is 17.1 Å². The number of non-ortho nitro benzene ring substituents is 1. The van der Waals surface area contributed by atoms with Crippen LogP contribution in [0.5, 0.6) is 0 Å². The molecule has 8 nitrogen and oxygen atoms in total. The number of nitrogens with zero attached hydrogens (tertiary/aromatic N) is 1. The number of carbonyl (C=O) groups is 1. The number of hydrogen-bond acceptors (Lipinski definition) is 5. The molecule has 1 amide bonds. The van der Waals surface area contributed by atoms with Gasteiger partial charge in [0.15, 0.2) is 0 Å². The summed E-state index contributed by atoms with van der Waals surface area (Å²) in [6, 6.07) is 10.7. The molecule has 0 fully saturated rings. The Bertz CT molecular complexity index is 846. The molecular weight excluding hydrogens is 334 g/mol. The van der Waals surface area contributed by atoms with Gasteiger partial charge in [0.1, 0.15) is 0 Å². The molecule has 126 valence electrons. The van der Waals surface area contributed by atoms with Crippen molar-refractivity contribution in [1.82, 2.24) is 0 Å². The van der Waals surface area contributed by atoms with Crippen LogP contribution in [0, 0.1) is 10.1 Å². The number of rotatable bonds is 6. The van der Waals surface area contributed by atoms with E-state index in [2.05, 4.69) is 10.0 Å². The summed E-state index contributed by atoms with van der Waals surface area (Å²) in [6.45, 7) is 1.72. The molecule has 2 N–H and O–H groups in total. The summed E-state index contributed by atoms with van der Waals surface area (Å²) in [5.74, 6) is -0.144. The lowest BCUT2D eigenvalue weighted by molar-refractivity contribution is -0.384. The van der Waals surface area contributed by atoms with Gasteiger partial charge in [-0.3, -0.25) is 19.6 Å². The number of nitro benzene ring substituents is 1. The smallest absolute Gasteiger partial charge is 0.269 e. The maximum absolute atomic E-state index is 12.2. The molecule has 0 spiro atoms. The Kier molecular flexibility index (Phi) is 5.14. The topological polar surface area (TPSA) is 118 Å². The number of benzene rings is 2. The quantitative estimate of drug-likeness (QED) is 0.614. The van der Waals surface area contributed by atoms with Crippen LogP contribution in [0.25, 0.3) is 0 Å². The Hall–Kier alpha value is -2.94. The minimum absolute atomic E-state index is 0.0866. The monoisotopic (exact) mass is 349 g/mol. The van der Waals surface area contributed by atoms with Crippen LogP contribution in [0.1, 0.15) is 13.3 Å². The van der Waals surface area contributed by atoms with E-state index in [-0.39, 0.29) is 16.5 Å². The molecule has 0 saturated carbocycles. The first kappa shape index (κ1) is 17.4. The maximum Gasteiger partial charge on any atom is 0.269 e. The number of nitrogens with one attached hydrogen (secondary N) is 2. The van der Waals surface area contributed by atoms with Gasteiger partial charge in [0.25, 0.3) is 15.7 Å².